The number of ether oxygens (including phenoxy) is 3. The molecule has 0 unspecified atom stereocenters. The van der Waals surface area contributed by atoms with Crippen molar-refractivity contribution in [2.45, 2.75) is 37.7 Å². The zero-order valence-electron chi connectivity index (χ0n) is 18.9. The summed E-state index contributed by atoms with van der Waals surface area (Å²) in [5, 5.41) is 11.6. The molecule has 1 aliphatic heterocycles. The lowest BCUT2D eigenvalue weighted by Crippen LogP contribution is -2.38. The quantitative estimate of drug-likeness (QED) is 0.248. The number of anilines is 2. The van der Waals surface area contributed by atoms with E-state index >= 15 is 0 Å². The van der Waals surface area contributed by atoms with Crippen LogP contribution in [0.15, 0.2) is 41.3 Å². The van der Waals surface area contributed by atoms with Crippen LogP contribution in [-0.2, 0) is 19.3 Å². The average molecular weight is 494 g/mol. The van der Waals surface area contributed by atoms with Gasteiger partial charge in [-0.05, 0) is 31.2 Å². The lowest BCUT2D eigenvalue weighted by Gasteiger charge is -2.32. The third-order valence-electron chi connectivity index (χ3n) is 5.40. The highest BCUT2D eigenvalue weighted by molar-refractivity contribution is 7.91. The van der Waals surface area contributed by atoms with Crippen molar-refractivity contribution in [2.75, 3.05) is 36.1 Å². The number of carbonyl (C=O) groups excluding carboxylic acids is 1. The van der Waals surface area contributed by atoms with Gasteiger partial charge >= 0.3 is 6.16 Å². The van der Waals surface area contributed by atoms with Crippen LogP contribution in [0.25, 0.3) is 0 Å². The van der Waals surface area contributed by atoms with Crippen molar-refractivity contribution in [1.82, 2.24) is 0 Å². The molecule has 0 atom stereocenters. The SMILES string of the molecule is CCOC(=O)OC1CCN(c2cc(Oc3ccc(S(=O)(=O)CC)cc3N)ccc2[N+](=O)[O-])CC1. The van der Waals surface area contributed by atoms with Gasteiger partial charge in [0.25, 0.3) is 5.69 Å². The van der Waals surface area contributed by atoms with Crippen molar-refractivity contribution in [3.05, 3.63) is 46.5 Å². The van der Waals surface area contributed by atoms with Crippen LogP contribution in [0.4, 0.5) is 21.9 Å². The first-order valence-electron chi connectivity index (χ1n) is 10.8. The number of nitrogens with zero attached hydrogens (tertiary/aromatic N) is 2. The maximum atomic E-state index is 12.1. The standard InChI is InChI=1S/C22H27N3O8S/c1-3-31-22(26)33-15-9-11-24(12-10-15)20-13-16(5-7-19(20)25(27)28)32-21-8-6-17(14-18(21)23)34(29,30)4-2/h5-8,13-15H,3-4,9-12,23H2,1-2H3. The maximum absolute atomic E-state index is 12.1. The minimum atomic E-state index is -3.42. The van der Waals surface area contributed by atoms with E-state index in [1.807, 2.05) is 4.90 Å². The molecular formula is C22H27N3O8S. The molecule has 1 heterocycles. The van der Waals surface area contributed by atoms with E-state index in [2.05, 4.69) is 0 Å². The van der Waals surface area contributed by atoms with Gasteiger partial charge in [0.05, 0.1) is 27.9 Å². The maximum Gasteiger partial charge on any atom is 0.508 e. The molecule has 0 bridgehead atoms. The highest BCUT2D eigenvalue weighted by Crippen LogP contribution is 2.37. The molecule has 0 amide bonds. The summed E-state index contributed by atoms with van der Waals surface area (Å²) >= 11 is 0. The smallest absolute Gasteiger partial charge is 0.455 e. The van der Waals surface area contributed by atoms with Crippen molar-refractivity contribution in [3.63, 3.8) is 0 Å². The molecule has 11 nitrogen and oxygen atoms in total. The van der Waals surface area contributed by atoms with Gasteiger partial charge in [0.1, 0.15) is 23.3 Å². The lowest BCUT2D eigenvalue weighted by atomic mass is 10.1. The molecule has 34 heavy (non-hydrogen) atoms. The zero-order valence-corrected chi connectivity index (χ0v) is 19.7. The van der Waals surface area contributed by atoms with E-state index in [0.717, 1.165) is 0 Å². The fourth-order valence-electron chi connectivity index (χ4n) is 3.58. The van der Waals surface area contributed by atoms with Gasteiger partial charge < -0.3 is 24.8 Å². The molecule has 0 saturated carbocycles. The molecule has 0 aliphatic carbocycles. The predicted molar refractivity (Wildman–Crippen MR) is 125 cm³/mol. The Morgan fingerprint density at radius 1 is 1.18 bits per heavy atom. The summed E-state index contributed by atoms with van der Waals surface area (Å²) in [7, 11) is -3.42. The predicted octanol–water partition coefficient (Wildman–Crippen LogP) is 3.90. The molecule has 2 aromatic carbocycles. The molecule has 0 radical (unpaired) electrons. The molecule has 1 aliphatic rings. The van der Waals surface area contributed by atoms with Crippen LogP contribution in [-0.4, -0.2) is 51.0 Å². The number of hydrogen-bond donors (Lipinski definition) is 1. The van der Waals surface area contributed by atoms with Gasteiger partial charge in [0.2, 0.25) is 0 Å². The number of hydrogen-bond acceptors (Lipinski definition) is 10. The number of benzene rings is 2. The van der Waals surface area contributed by atoms with Crippen molar-refractivity contribution in [3.8, 4) is 11.5 Å². The third-order valence-corrected chi connectivity index (χ3v) is 7.13. The lowest BCUT2D eigenvalue weighted by molar-refractivity contribution is -0.384. The van der Waals surface area contributed by atoms with Crippen LogP contribution in [0.1, 0.15) is 26.7 Å². The van der Waals surface area contributed by atoms with E-state index in [-0.39, 0.29) is 40.5 Å². The van der Waals surface area contributed by atoms with E-state index in [0.29, 0.717) is 37.4 Å². The van der Waals surface area contributed by atoms with Crippen molar-refractivity contribution >= 4 is 33.1 Å². The summed E-state index contributed by atoms with van der Waals surface area (Å²) in [5.74, 6) is 0.486. The molecular weight excluding hydrogens is 466 g/mol. The molecule has 1 fully saturated rings. The highest BCUT2D eigenvalue weighted by atomic mass is 32.2. The van der Waals surface area contributed by atoms with Gasteiger partial charge in [-0.25, -0.2) is 13.2 Å². The van der Waals surface area contributed by atoms with Gasteiger partial charge in [0, 0.05) is 38.1 Å². The minimum absolute atomic E-state index is 0.0557. The van der Waals surface area contributed by atoms with E-state index in [9.17, 15) is 23.3 Å². The Hall–Kier alpha value is -3.54. The Labute approximate surface area is 197 Å². The molecule has 1 saturated heterocycles. The van der Waals surface area contributed by atoms with Crippen molar-refractivity contribution in [1.29, 1.82) is 0 Å². The fraction of sp³-hybridized carbons (Fsp3) is 0.409. The number of rotatable bonds is 8. The number of nitro groups is 1. The van der Waals surface area contributed by atoms with Crippen LogP contribution in [0.2, 0.25) is 0 Å². The number of carbonyl (C=O) groups is 1. The van der Waals surface area contributed by atoms with E-state index in [1.165, 1.54) is 30.3 Å². The largest absolute Gasteiger partial charge is 0.508 e. The fourth-order valence-corrected chi connectivity index (χ4v) is 4.50. The second-order valence-electron chi connectivity index (χ2n) is 7.60. The molecule has 0 aromatic heterocycles. The molecule has 12 heteroatoms. The van der Waals surface area contributed by atoms with Gasteiger partial charge in [-0.15, -0.1) is 0 Å². The minimum Gasteiger partial charge on any atom is -0.455 e. The Kier molecular flexibility index (Phi) is 7.82. The average Bonchev–Trinajstić information content (AvgIpc) is 2.80. The first-order chi connectivity index (χ1) is 16.1. The Morgan fingerprint density at radius 3 is 2.47 bits per heavy atom. The van der Waals surface area contributed by atoms with Crippen LogP contribution in [0.5, 0.6) is 11.5 Å². The van der Waals surface area contributed by atoms with Crippen LogP contribution in [0, 0.1) is 10.1 Å². The van der Waals surface area contributed by atoms with Crippen LogP contribution < -0.4 is 15.4 Å². The number of nitro benzene ring substituents is 1. The number of piperidine rings is 1. The van der Waals surface area contributed by atoms with E-state index in [4.69, 9.17) is 19.9 Å². The van der Waals surface area contributed by atoms with Gasteiger partial charge in [-0.1, -0.05) is 6.92 Å². The monoisotopic (exact) mass is 493 g/mol. The van der Waals surface area contributed by atoms with Gasteiger partial charge in [-0.3, -0.25) is 10.1 Å². The number of nitrogens with two attached hydrogens (primary N) is 1. The van der Waals surface area contributed by atoms with Crippen LogP contribution in [0.3, 0.4) is 0 Å². The molecule has 184 valence electrons. The van der Waals surface area contributed by atoms with E-state index < -0.39 is 20.9 Å². The second-order valence-corrected chi connectivity index (χ2v) is 9.88. The summed E-state index contributed by atoms with van der Waals surface area (Å²) < 4.78 is 40.0. The first-order valence-corrected chi connectivity index (χ1v) is 12.5. The Morgan fingerprint density at radius 2 is 1.88 bits per heavy atom. The summed E-state index contributed by atoms with van der Waals surface area (Å²) in [6, 6.07) is 8.53. The molecule has 3 rings (SSSR count). The van der Waals surface area contributed by atoms with Gasteiger partial charge in [-0.2, -0.15) is 0 Å². The normalized spacial score (nSPS) is 14.5. The Balaban J connectivity index is 1.78. The zero-order chi connectivity index (χ0) is 24.9. The highest BCUT2D eigenvalue weighted by Gasteiger charge is 2.27. The van der Waals surface area contributed by atoms with Crippen LogP contribution >= 0.6 is 0 Å². The molecule has 2 aromatic rings. The third kappa shape index (κ3) is 5.87. The summed E-state index contributed by atoms with van der Waals surface area (Å²) in [6.07, 6.45) is -0.0768. The second kappa shape index (κ2) is 10.6. The molecule has 0 spiro atoms. The Bertz CT molecular complexity index is 1160. The van der Waals surface area contributed by atoms with Gasteiger partial charge in [0.15, 0.2) is 9.84 Å². The van der Waals surface area contributed by atoms with E-state index in [1.54, 1.807) is 19.9 Å². The summed E-state index contributed by atoms with van der Waals surface area (Å²) in [4.78, 5) is 24.6. The summed E-state index contributed by atoms with van der Waals surface area (Å²) in [6.45, 7) is 4.31. The van der Waals surface area contributed by atoms with Crippen molar-refractivity contribution < 1.29 is 32.3 Å². The molecule has 2 N–H and O–H groups in total. The topological polar surface area (TPSA) is 151 Å². The number of sulfone groups is 1. The van der Waals surface area contributed by atoms with Crippen molar-refractivity contribution in [2.24, 2.45) is 0 Å². The first kappa shape index (κ1) is 25.1. The number of nitrogen functional groups attached to an aromatic ring is 1. The summed E-state index contributed by atoms with van der Waals surface area (Å²) in [5.41, 5.74) is 6.40.